The number of carbonyl (C=O) groups is 1. The third-order valence-electron chi connectivity index (χ3n) is 2.19. The fourth-order valence-corrected chi connectivity index (χ4v) is 1.46. The van der Waals surface area contributed by atoms with Gasteiger partial charge in [0.25, 0.3) is 0 Å². The summed E-state index contributed by atoms with van der Waals surface area (Å²) in [6.07, 6.45) is 0. The van der Waals surface area contributed by atoms with E-state index < -0.39 is 5.97 Å². The quantitative estimate of drug-likeness (QED) is 0.730. The van der Waals surface area contributed by atoms with Gasteiger partial charge in [-0.25, -0.2) is 4.79 Å². The Hall–Kier alpha value is -1.91. The Morgan fingerprint density at radius 2 is 2.06 bits per heavy atom. The number of hydrogen-bond donors (Lipinski definition) is 0. The predicted octanol–water partition coefficient (Wildman–Crippen LogP) is 1.60. The normalized spacial score (nSPS) is 12.4. The molecule has 2 rings (SSSR count). The molecule has 1 heterocycles. The molecule has 0 spiro atoms. The highest BCUT2D eigenvalue weighted by molar-refractivity contribution is 5.93. The number of hydrogen-bond acceptors (Lipinski definition) is 5. The lowest BCUT2D eigenvalue weighted by atomic mass is 10.2. The maximum absolute atomic E-state index is 11.6. The SMILES string of the molecule is CCOC(=O)c1cc2c(cc1OC)OCO2. The van der Waals surface area contributed by atoms with Gasteiger partial charge < -0.3 is 18.9 Å². The molecule has 0 unspecified atom stereocenters. The van der Waals surface area contributed by atoms with Crippen LogP contribution in [0.1, 0.15) is 17.3 Å². The van der Waals surface area contributed by atoms with Crippen LogP contribution in [-0.2, 0) is 4.74 Å². The second-order valence-corrected chi connectivity index (χ2v) is 3.13. The molecule has 0 fully saturated rings. The number of fused-ring (bicyclic) bond motifs is 1. The van der Waals surface area contributed by atoms with E-state index in [1.807, 2.05) is 0 Å². The van der Waals surface area contributed by atoms with Crippen molar-refractivity contribution in [2.24, 2.45) is 0 Å². The van der Waals surface area contributed by atoms with Crippen LogP contribution in [0.2, 0.25) is 0 Å². The average Bonchev–Trinajstić information content (AvgIpc) is 2.74. The largest absolute Gasteiger partial charge is 0.496 e. The van der Waals surface area contributed by atoms with Crippen LogP contribution in [0.4, 0.5) is 0 Å². The summed E-state index contributed by atoms with van der Waals surface area (Å²) in [6.45, 7) is 2.22. The van der Waals surface area contributed by atoms with Gasteiger partial charge in [0.05, 0.1) is 13.7 Å². The van der Waals surface area contributed by atoms with E-state index in [4.69, 9.17) is 18.9 Å². The molecule has 0 bridgehead atoms. The van der Waals surface area contributed by atoms with Crippen molar-refractivity contribution in [3.8, 4) is 17.2 Å². The second-order valence-electron chi connectivity index (χ2n) is 3.13. The van der Waals surface area contributed by atoms with Crippen LogP contribution >= 0.6 is 0 Å². The van der Waals surface area contributed by atoms with Crippen LogP contribution in [0, 0.1) is 0 Å². The lowest BCUT2D eigenvalue weighted by Crippen LogP contribution is -2.06. The minimum absolute atomic E-state index is 0.158. The summed E-state index contributed by atoms with van der Waals surface area (Å²) in [5, 5.41) is 0. The fraction of sp³-hybridized carbons (Fsp3) is 0.364. The molecule has 86 valence electrons. The molecule has 0 aliphatic carbocycles. The van der Waals surface area contributed by atoms with Crippen LogP contribution < -0.4 is 14.2 Å². The molecule has 0 aromatic heterocycles. The standard InChI is InChI=1S/C11H12O5/c1-3-14-11(12)7-4-9-10(16-6-15-9)5-8(7)13-2/h4-5H,3,6H2,1-2H3. The van der Waals surface area contributed by atoms with E-state index in [-0.39, 0.29) is 6.79 Å². The van der Waals surface area contributed by atoms with Crippen molar-refractivity contribution in [3.05, 3.63) is 17.7 Å². The van der Waals surface area contributed by atoms with Gasteiger partial charge in [-0.2, -0.15) is 0 Å². The number of esters is 1. The van der Waals surface area contributed by atoms with Gasteiger partial charge in [0, 0.05) is 12.1 Å². The van der Waals surface area contributed by atoms with Crippen molar-refractivity contribution in [1.29, 1.82) is 0 Å². The number of benzene rings is 1. The Balaban J connectivity index is 2.39. The minimum atomic E-state index is -0.433. The molecule has 5 heteroatoms. The molecule has 5 nitrogen and oxygen atoms in total. The molecule has 1 aliphatic heterocycles. The molecule has 1 aliphatic rings. The lowest BCUT2D eigenvalue weighted by molar-refractivity contribution is 0.0522. The van der Waals surface area contributed by atoms with E-state index in [0.29, 0.717) is 29.4 Å². The van der Waals surface area contributed by atoms with E-state index in [1.165, 1.54) is 7.11 Å². The van der Waals surface area contributed by atoms with Crippen LogP contribution in [0.15, 0.2) is 12.1 Å². The predicted molar refractivity (Wildman–Crippen MR) is 55.1 cm³/mol. The van der Waals surface area contributed by atoms with Crippen LogP contribution in [0.5, 0.6) is 17.2 Å². The Morgan fingerprint density at radius 1 is 1.38 bits per heavy atom. The molecule has 0 N–H and O–H groups in total. The number of ether oxygens (including phenoxy) is 4. The molecule has 0 amide bonds. The highest BCUT2D eigenvalue weighted by Gasteiger charge is 2.22. The number of carbonyl (C=O) groups excluding carboxylic acids is 1. The van der Waals surface area contributed by atoms with Gasteiger partial charge in [-0.15, -0.1) is 0 Å². The smallest absolute Gasteiger partial charge is 0.342 e. The summed E-state index contributed by atoms with van der Waals surface area (Å²) in [7, 11) is 1.49. The van der Waals surface area contributed by atoms with E-state index in [9.17, 15) is 4.79 Å². The van der Waals surface area contributed by atoms with Crippen LogP contribution in [0.25, 0.3) is 0 Å². The molecular formula is C11H12O5. The summed E-state index contributed by atoms with van der Waals surface area (Å²) in [4.78, 5) is 11.6. The van der Waals surface area contributed by atoms with Gasteiger partial charge in [-0.3, -0.25) is 0 Å². The fourth-order valence-electron chi connectivity index (χ4n) is 1.46. The summed E-state index contributed by atoms with van der Waals surface area (Å²) in [5.74, 6) is 1.09. The van der Waals surface area contributed by atoms with Gasteiger partial charge in [0.2, 0.25) is 6.79 Å². The molecule has 1 aromatic carbocycles. The zero-order valence-corrected chi connectivity index (χ0v) is 9.11. The van der Waals surface area contributed by atoms with Gasteiger partial charge in [-0.1, -0.05) is 0 Å². The van der Waals surface area contributed by atoms with Crippen molar-refractivity contribution in [3.63, 3.8) is 0 Å². The number of rotatable bonds is 3. The first-order valence-corrected chi connectivity index (χ1v) is 4.91. The summed E-state index contributed by atoms with van der Waals surface area (Å²) >= 11 is 0. The van der Waals surface area contributed by atoms with E-state index in [1.54, 1.807) is 19.1 Å². The van der Waals surface area contributed by atoms with Gasteiger partial charge in [-0.05, 0) is 6.92 Å². The van der Waals surface area contributed by atoms with Gasteiger partial charge in [0.1, 0.15) is 11.3 Å². The molecule has 0 saturated carbocycles. The van der Waals surface area contributed by atoms with Crippen molar-refractivity contribution in [1.82, 2.24) is 0 Å². The monoisotopic (exact) mass is 224 g/mol. The third-order valence-corrected chi connectivity index (χ3v) is 2.19. The van der Waals surface area contributed by atoms with Crippen molar-refractivity contribution in [2.45, 2.75) is 6.92 Å². The molecule has 16 heavy (non-hydrogen) atoms. The Bertz CT molecular complexity index is 413. The second kappa shape index (κ2) is 4.30. The zero-order valence-electron chi connectivity index (χ0n) is 9.11. The van der Waals surface area contributed by atoms with Crippen molar-refractivity contribution in [2.75, 3.05) is 20.5 Å². The highest BCUT2D eigenvalue weighted by Crippen LogP contribution is 2.38. The van der Waals surface area contributed by atoms with Crippen LogP contribution in [-0.4, -0.2) is 26.5 Å². The van der Waals surface area contributed by atoms with E-state index in [2.05, 4.69) is 0 Å². The number of methoxy groups -OCH3 is 1. The first kappa shape index (κ1) is 10.6. The summed E-state index contributed by atoms with van der Waals surface area (Å²) in [6, 6.07) is 3.19. The molecule has 1 aromatic rings. The third kappa shape index (κ3) is 1.76. The van der Waals surface area contributed by atoms with Crippen molar-refractivity contribution < 1.29 is 23.7 Å². The zero-order chi connectivity index (χ0) is 11.5. The van der Waals surface area contributed by atoms with E-state index >= 15 is 0 Å². The van der Waals surface area contributed by atoms with Crippen LogP contribution in [0.3, 0.4) is 0 Å². The molecule has 0 radical (unpaired) electrons. The highest BCUT2D eigenvalue weighted by atomic mass is 16.7. The Labute approximate surface area is 92.9 Å². The first-order chi connectivity index (χ1) is 7.76. The topological polar surface area (TPSA) is 54.0 Å². The van der Waals surface area contributed by atoms with Gasteiger partial charge in [0.15, 0.2) is 11.5 Å². The maximum Gasteiger partial charge on any atom is 0.342 e. The van der Waals surface area contributed by atoms with Crippen molar-refractivity contribution >= 4 is 5.97 Å². The molecule has 0 saturated heterocycles. The first-order valence-electron chi connectivity index (χ1n) is 4.91. The summed E-state index contributed by atoms with van der Waals surface area (Å²) < 4.78 is 20.4. The molecule has 0 atom stereocenters. The summed E-state index contributed by atoms with van der Waals surface area (Å²) in [5.41, 5.74) is 0.341. The molecular weight excluding hydrogens is 212 g/mol. The van der Waals surface area contributed by atoms with Gasteiger partial charge >= 0.3 is 5.97 Å². The average molecular weight is 224 g/mol. The lowest BCUT2D eigenvalue weighted by Gasteiger charge is -2.08. The maximum atomic E-state index is 11.6. The van der Waals surface area contributed by atoms with E-state index in [0.717, 1.165) is 0 Å². The minimum Gasteiger partial charge on any atom is -0.496 e. The Morgan fingerprint density at radius 3 is 2.69 bits per heavy atom. The Kier molecular flexibility index (Phi) is 2.85.